The van der Waals surface area contributed by atoms with Crippen molar-refractivity contribution in [3.05, 3.63) is 81.8 Å². The third kappa shape index (κ3) is 3.78. The molecule has 190 valence electrons. The van der Waals surface area contributed by atoms with Gasteiger partial charge in [-0.1, -0.05) is 29.8 Å². The van der Waals surface area contributed by atoms with E-state index in [0.717, 1.165) is 59.3 Å². The molecule has 0 spiro atoms. The van der Waals surface area contributed by atoms with Gasteiger partial charge in [-0.3, -0.25) is 14.1 Å². The van der Waals surface area contributed by atoms with E-state index in [-0.39, 0.29) is 18.0 Å². The van der Waals surface area contributed by atoms with E-state index in [2.05, 4.69) is 46.6 Å². The molecule has 0 radical (unpaired) electrons. The second-order valence-corrected chi connectivity index (χ2v) is 10.8. The van der Waals surface area contributed by atoms with Crippen LogP contribution in [-0.4, -0.2) is 55.1 Å². The molecule has 0 saturated heterocycles. The number of nitrogens with zero attached hydrogens (tertiary/aromatic N) is 7. The summed E-state index contributed by atoms with van der Waals surface area (Å²) in [5.74, 6) is 1.55. The Morgan fingerprint density at radius 2 is 1.86 bits per heavy atom. The Morgan fingerprint density at radius 1 is 1.11 bits per heavy atom. The lowest BCUT2D eigenvalue weighted by Gasteiger charge is -2.30. The van der Waals surface area contributed by atoms with Gasteiger partial charge >= 0.3 is 0 Å². The molecule has 0 N–H and O–H groups in total. The largest absolute Gasteiger partial charge is 0.323 e. The quantitative estimate of drug-likeness (QED) is 0.371. The standard InChI is InChI=1S/C28H30ClN7O/c1-16(2)35-25-23(30-27(35)20-7-6-12-33(5)14-20)28(37)36(24(25)19-8-10-21(29)11-9-19)22-13-17(3)26-32-31-18(4)34(26)15-22/h7-11,13,15-16,24H,6,12,14H2,1-5H3/t24-/m1/s1. The van der Waals surface area contributed by atoms with Crippen LogP contribution in [0.4, 0.5) is 5.69 Å². The number of aromatic nitrogens is 5. The lowest BCUT2D eigenvalue weighted by molar-refractivity contribution is 0.0989. The summed E-state index contributed by atoms with van der Waals surface area (Å²) in [5.41, 5.74) is 6.10. The van der Waals surface area contributed by atoms with Gasteiger partial charge in [-0.15, -0.1) is 10.2 Å². The zero-order valence-electron chi connectivity index (χ0n) is 21.7. The lowest BCUT2D eigenvalue weighted by atomic mass is 10.0. The lowest BCUT2D eigenvalue weighted by Crippen LogP contribution is -2.31. The molecule has 2 aliphatic heterocycles. The molecule has 1 amide bonds. The number of fused-ring (bicyclic) bond motifs is 2. The van der Waals surface area contributed by atoms with Crippen LogP contribution in [0.3, 0.4) is 0 Å². The normalized spacial score (nSPS) is 18.2. The van der Waals surface area contributed by atoms with Gasteiger partial charge in [0.2, 0.25) is 0 Å². The number of anilines is 1. The van der Waals surface area contributed by atoms with Crippen LogP contribution < -0.4 is 4.90 Å². The van der Waals surface area contributed by atoms with Crippen LogP contribution >= 0.6 is 11.6 Å². The highest BCUT2D eigenvalue weighted by Gasteiger charge is 2.45. The highest BCUT2D eigenvalue weighted by molar-refractivity contribution is 6.30. The summed E-state index contributed by atoms with van der Waals surface area (Å²) in [5, 5.41) is 9.19. The van der Waals surface area contributed by atoms with Gasteiger partial charge < -0.3 is 9.47 Å². The van der Waals surface area contributed by atoms with Crippen LogP contribution in [-0.2, 0) is 0 Å². The van der Waals surface area contributed by atoms with Crippen molar-refractivity contribution in [3.8, 4) is 0 Å². The van der Waals surface area contributed by atoms with Crippen molar-refractivity contribution < 1.29 is 4.79 Å². The van der Waals surface area contributed by atoms with Crippen molar-refractivity contribution in [2.45, 2.75) is 46.2 Å². The van der Waals surface area contributed by atoms with E-state index in [1.807, 2.05) is 59.7 Å². The number of rotatable bonds is 4. The summed E-state index contributed by atoms with van der Waals surface area (Å²) in [6, 6.07) is 9.54. The van der Waals surface area contributed by atoms with Gasteiger partial charge in [0.1, 0.15) is 17.7 Å². The molecule has 37 heavy (non-hydrogen) atoms. The van der Waals surface area contributed by atoms with Crippen LogP contribution in [0.2, 0.25) is 5.02 Å². The number of aryl methyl sites for hydroxylation is 2. The van der Waals surface area contributed by atoms with Crippen molar-refractivity contribution >= 4 is 34.4 Å². The van der Waals surface area contributed by atoms with Crippen molar-refractivity contribution in [2.75, 3.05) is 25.0 Å². The maximum Gasteiger partial charge on any atom is 0.279 e. The van der Waals surface area contributed by atoms with Gasteiger partial charge in [0.15, 0.2) is 11.3 Å². The first-order valence-electron chi connectivity index (χ1n) is 12.7. The molecule has 2 aliphatic rings. The molecule has 5 heterocycles. The summed E-state index contributed by atoms with van der Waals surface area (Å²) in [4.78, 5) is 23.4. The van der Waals surface area contributed by atoms with Gasteiger partial charge in [-0.25, -0.2) is 4.98 Å². The Labute approximate surface area is 221 Å². The minimum absolute atomic E-state index is 0.107. The average molecular weight is 516 g/mol. The van der Waals surface area contributed by atoms with E-state index in [0.29, 0.717) is 10.7 Å². The molecule has 0 aliphatic carbocycles. The summed E-state index contributed by atoms with van der Waals surface area (Å²) < 4.78 is 4.20. The molecule has 4 aromatic rings. The number of carbonyl (C=O) groups is 1. The summed E-state index contributed by atoms with van der Waals surface area (Å²) in [6.45, 7) is 10.1. The van der Waals surface area contributed by atoms with Gasteiger partial charge in [0.25, 0.3) is 5.91 Å². The second-order valence-electron chi connectivity index (χ2n) is 10.3. The minimum Gasteiger partial charge on any atom is -0.323 e. The molecule has 8 nitrogen and oxygen atoms in total. The number of amides is 1. The van der Waals surface area contributed by atoms with E-state index in [1.165, 1.54) is 5.57 Å². The predicted octanol–water partition coefficient (Wildman–Crippen LogP) is 5.25. The predicted molar refractivity (Wildman–Crippen MR) is 145 cm³/mol. The van der Waals surface area contributed by atoms with Gasteiger partial charge in [0.05, 0.1) is 11.4 Å². The number of hydrogen-bond acceptors (Lipinski definition) is 5. The SMILES string of the molecule is Cc1cc(N2C(=O)c3nc(C4=CCCN(C)C4)n(C(C)C)c3[C@H]2c2ccc(Cl)cc2)cn2c(C)nnc12. The van der Waals surface area contributed by atoms with Crippen molar-refractivity contribution in [2.24, 2.45) is 0 Å². The maximum atomic E-state index is 14.2. The Bertz CT molecular complexity index is 1560. The third-order valence-electron chi connectivity index (χ3n) is 7.34. The van der Waals surface area contributed by atoms with E-state index in [9.17, 15) is 4.79 Å². The number of imidazole rings is 1. The van der Waals surface area contributed by atoms with E-state index < -0.39 is 0 Å². The highest BCUT2D eigenvalue weighted by atomic mass is 35.5. The molecule has 0 saturated carbocycles. The monoisotopic (exact) mass is 515 g/mol. The topological polar surface area (TPSA) is 71.6 Å². The highest BCUT2D eigenvalue weighted by Crippen LogP contribution is 2.44. The fourth-order valence-electron chi connectivity index (χ4n) is 5.62. The fourth-order valence-corrected chi connectivity index (χ4v) is 5.75. The molecular weight excluding hydrogens is 486 g/mol. The Morgan fingerprint density at radius 3 is 2.57 bits per heavy atom. The summed E-state index contributed by atoms with van der Waals surface area (Å²) >= 11 is 6.27. The van der Waals surface area contributed by atoms with Crippen LogP contribution in [0, 0.1) is 13.8 Å². The van der Waals surface area contributed by atoms with Crippen LogP contribution in [0.1, 0.15) is 71.3 Å². The van der Waals surface area contributed by atoms with Crippen LogP contribution in [0.25, 0.3) is 11.2 Å². The van der Waals surface area contributed by atoms with Gasteiger partial charge in [-0.2, -0.15) is 0 Å². The molecule has 1 atom stereocenters. The molecule has 0 bridgehead atoms. The number of hydrogen-bond donors (Lipinski definition) is 0. The van der Waals surface area contributed by atoms with Crippen LogP contribution in [0.15, 0.2) is 42.6 Å². The number of carbonyl (C=O) groups excluding carboxylic acids is 1. The summed E-state index contributed by atoms with van der Waals surface area (Å²) in [6.07, 6.45) is 5.19. The zero-order valence-corrected chi connectivity index (χ0v) is 22.5. The molecule has 0 fully saturated rings. The molecule has 1 aromatic carbocycles. The first kappa shape index (κ1) is 23.9. The first-order valence-corrected chi connectivity index (χ1v) is 13.0. The molecule has 9 heteroatoms. The third-order valence-corrected chi connectivity index (χ3v) is 7.59. The smallest absolute Gasteiger partial charge is 0.279 e. The number of benzene rings is 1. The van der Waals surface area contributed by atoms with E-state index in [1.54, 1.807) is 0 Å². The second kappa shape index (κ2) is 8.82. The van der Waals surface area contributed by atoms with E-state index in [4.69, 9.17) is 16.6 Å². The van der Waals surface area contributed by atoms with Gasteiger partial charge in [-0.05, 0) is 70.5 Å². The average Bonchev–Trinajstić information content (AvgIpc) is 3.52. The number of halogens is 1. The Balaban J connectivity index is 1.59. The van der Waals surface area contributed by atoms with Gasteiger partial charge in [0, 0.05) is 35.9 Å². The van der Waals surface area contributed by atoms with Crippen molar-refractivity contribution in [3.63, 3.8) is 0 Å². The zero-order chi connectivity index (χ0) is 26.0. The fraction of sp³-hybridized carbons (Fsp3) is 0.357. The molecule has 3 aromatic heterocycles. The van der Waals surface area contributed by atoms with Crippen molar-refractivity contribution in [1.82, 2.24) is 29.0 Å². The first-order chi connectivity index (χ1) is 17.7. The molecule has 6 rings (SSSR count). The Hall–Kier alpha value is -3.49. The molecular formula is C28H30ClN7O. The maximum absolute atomic E-state index is 14.2. The van der Waals surface area contributed by atoms with Crippen LogP contribution in [0.5, 0.6) is 0 Å². The van der Waals surface area contributed by atoms with Crippen molar-refractivity contribution in [1.29, 1.82) is 0 Å². The Kier molecular flexibility index (Phi) is 5.69. The molecule has 0 unspecified atom stereocenters. The minimum atomic E-state index is -0.348. The summed E-state index contributed by atoms with van der Waals surface area (Å²) in [7, 11) is 2.12. The van der Waals surface area contributed by atoms with E-state index >= 15 is 0 Å². The number of likely N-dealkylation sites (N-methyl/N-ethyl adjacent to an activating group) is 1. The number of pyridine rings is 1.